The molecule has 0 N–H and O–H groups in total. The summed E-state index contributed by atoms with van der Waals surface area (Å²) in [5.74, 6) is 2.53. The zero-order valence-corrected chi connectivity index (χ0v) is 14.8. The molecule has 0 spiro atoms. The van der Waals surface area contributed by atoms with Gasteiger partial charge in [0, 0.05) is 31.5 Å². The lowest BCUT2D eigenvalue weighted by atomic mass is 9.96. The van der Waals surface area contributed by atoms with Gasteiger partial charge in [-0.1, -0.05) is 5.16 Å². The van der Waals surface area contributed by atoms with E-state index < -0.39 is 0 Å². The van der Waals surface area contributed by atoms with Crippen molar-refractivity contribution < 1.29 is 18.8 Å². The molecule has 0 saturated carbocycles. The van der Waals surface area contributed by atoms with Crippen LogP contribution in [0.4, 0.5) is 0 Å². The van der Waals surface area contributed by atoms with Gasteiger partial charge in [-0.3, -0.25) is 4.79 Å². The largest absolute Gasteiger partial charge is 0.493 e. The Bertz CT molecular complexity index is 744. The van der Waals surface area contributed by atoms with Crippen LogP contribution >= 0.6 is 0 Å². The molecule has 7 heteroatoms. The van der Waals surface area contributed by atoms with Crippen LogP contribution in [-0.2, 0) is 0 Å². The summed E-state index contributed by atoms with van der Waals surface area (Å²) in [6.07, 6.45) is 1.87. The molecule has 1 aliphatic rings. The van der Waals surface area contributed by atoms with Crippen LogP contribution in [0, 0.1) is 6.92 Å². The van der Waals surface area contributed by atoms with E-state index in [9.17, 15) is 4.79 Å². The van der Waals surface area contributed by atoms with Gasteiger partial charge in [-0.05, 0) is 38.0 Å². The van der Waals surface area contributed by atoms with Crippen LogP contribution in [0.5, 0.6) is 11.5 Å². The fourth-order valence-electron chi connectivity index (χ4n) is 3.11. The van der Waals surface area contributed by atoms with Crippen LogP contribution in [0.15, 0.2) is 22.7 Å². The lowest BCUT2D eigenvalue weighted by molar-refractivity contribution is 0.0703. The maximum absolute atomic E-state index is 12.9. The maximum Gasteiger partial charge on any atom is 0.254 e. The van der Waals surface area contributed by atoms with Gasteiger partial charge in [0.2, 0.25) is 5.89 Å². The van der Waals surface area contributed by atoms with E-state index in [0.717, 1.165) is 19.4 Å². The highest BCUT2D eigenvalue weighted by molar-refractivity contribution is 5.95. The van der Waals surface area contributed by atoms with Crippen molar-refractivity contribution in [1.29, 1.82) is 0 Å². The Labute approximate surface area is 146 Å². The number of likely N-dealkylation sites (tertiary alicyclic amines) is 1. The van der Waals surface area contributed by atoms with Crippen molar-refractivity contribution in [2.75, 3.05) is 26.8 Å². The molecule has 0 unspecified atom stereocenters. The minimum Gasteiger partial charge on any atom is -0.493 e. The summed E-state index contributed by atoms with van der Waals surface area (Å²) >= 11 is 0. The number of nitrogens with zero attached hydrogens (tertiary/aromatic N) is 3. The monoisotopic (exact) mass is 345 g/mol. The van der Waals surface area contributed by atoms with Gasteiger partial charge < -0.3 is 18.9 Å². The Balaban J connectivity index is 1.77. The van der Waals surface area contributed by atoms with Crippen molar-refractivity contribution in [1.82, 2.24) is 15.0 Å². The number of hydrogen-bond acceptors (Lipinski definition) is 6. The number of carbonyl (C=O) groups excluding carboxylic acids is 1. The lowest BCUT2D eigenvalue weighted by Crippen LogP contribution is -2.39. The van der Waals surface area contributed by atoms with Gasteiger partial charge in [0.1, 0.15) is 0 Å². The number of benzene rings is 1. The highest BCUT2D eigenvalue weighted by Gasteiger charge is 2.28. The molecule has 1 saturated heterocycles. The summed E-state index contributed by atoms with van der Waals surface area (Å²) in [5.41, 5.74) is 0.592. The third-order valence-electron chi connectivity index (χ3n) is 4.33. The molecule has 0 aliphatic carbocycles. The van der Waals surface area contributed by atoms with Crippen LogP contribution in [0.25, 0.3) is 0 Å². The number of aryl methyl sites for hydroxylation is 1. The van der Waals surface area contributed by atoms with Gasteiger partial charge >= 0.3 is 0 Å². The van der Waals surface area contributed by atoms with Crippen molar-refractivity contribution in [3.8, 4) is 11.5 Å². The number of piperidine rings is 1. The predicted molar refractivity (Wildman–Crippen MR) is 91.1 cm³/mol. The summed E-state index contributed by atoms with van der Waals surface area (Å²) in [6, 6.07) is 5.28. The molecule has 1 atom stereocenters. The van der Waals surface area contributed by atoms with E-state index in [-0.39, 0.29) is 11.8 Å². The number of rotatable bonds is 5. The first-order valence-electron chi connectivity index (χ1n) is 8.52. The molecule has 2 heterocycles. The molecule has 1 aromatic heterocycles. The molecule has 2 aromatic rings. The Hall–Kier alpha value is -2.57. The Kier molecular flexibility index (Phi) is 5.21. The van der Waals surface area contributed by atoms with Crippen molar-refractivity contribution in [3.63, 3.8) is 0 Å². The van der Waals surface area contributed by atoms with Crippen LogP contribution < -0.4 is 9.47 Å². The van der Waals surface area contributed by atoms with Gasteiger partial charge in [-0.2, -0.15) is 4.98 Å². The summed E-state index contributed by atoms with van der Waals surface area (Å²) in [6.45, 7) is 5.50. The highest BCUT2D eigenvalue weighted by Crippen LogP contribution is 2.30. The summed E-state index contributed by atoms with van der Waals surface area (Å²) in [5, 5.41) is 4.01. The Morgan fingerprint density at radius 1 is 1.40 bits per heavy atom. The fraction of sp³-hybridized carbons (Fsp3) is 0.500. The third-order valence-corrected chi connectivity index (χ3v) is 4.33. The second-order valence-electron chi connectivity index (χ2n) is 6.06. The average Bonchev–Trinajstić information content (AvgIpc) is 3.08. The van der Waals surface area contributed by atoms with E-state index in [1.165, 1.54) is 0 Å². The third kappa shape index (κ3) is 3.75. The molecule has 0 radical (unpaired) electrons. The minimum atomic E-state index is -0.0199. The number of hydrogen-bond donors (Lipinski definition) is 0. The molecule has 3 rings (SSSR count). The summed E-state index contributed by atoms with van der Waals surface area (Å²) in [4.78, 5) is 19.1. The van der Waals surface area contributed by atoms with Crippen molar-refractivity contribution >= 4 is 5.91 Å². The zero-order chi connectivity index (χ0) is 17.8. The molecule has 0 bridgehead atoms. The smallest absolute Gasteiger partial charge is 0.254 e. The Morgan fingerprint density at radius 3 is 2.92 bits per heavy atom. The van der Waals surface area contributed by atoms with Gasteiger partial charge in [0.05, 0.1) is 13.7 Å². The quantitative estimate of drug-likeness (QED) is 0.829. The first-order chi connectivity index (χ1) is 12.1. The summed E-state index contributed by atoms with van der Waals surface area (Å²) < 4.78 is 15.9. The van der Waals surface area contributed by atoms with Gasteiger partial charge in [-0.15, -0.1) is 0 Å². The highest BCUT2D eigenvalue weighted by atomic mass is 16.5. The standard InChI is InChI=1S/C18H23N3O4/c1-4-24-16-10-13(7-8-15(16)23-3)18(22)21-9-5-6-14(11-21)17-19-12(2)25-20-17/h7-8,10,14H,4-6,9,11H2,1-3H3/t14-/m0/s1. The van der Waals surface area contributed by atoms with Crippen molar-refractivity contribution in [3.05, 3.63) is 35.5 Å². The van der Waals surface area contributed by atoms with Gasteiger partial charge in [-0.25, -0.2) is 0 Å². The molecule has 7 nitrogen and oxygen atoms in total. The molecule has 1 aromatic carbocycles. The average molecular weight is 345 g/mol. The van der Waals surface area contributed by atoms with Crippen LogP contribution in [0.3, 0.4) is 0 Å². The SMILES string of the molecule is CCOc1cc(C(=O)N2CCC[C@H](c3noc(C)n3)C2)ccc1OC. The molecule has 134 valence electrons. The molecular formula is C18H23N3O4. The number of carbonyl (C=O) groups is 1. The zero-order valence-electron chi connectivity index (χ0n) is 14.8. The number of amides is 1. The second kappa shape index (κ2) is 7.55. The first kappa shape index (κ1) is 17.3. The van der Waals surface area contributed by atoms with Crippen LogP contribution in [0.2, 0.25) is 0 Å². The van der Waals surface area contributed by atoms with Gasteiger partial charge in [0.15, 0.2) is 17.3 Å². The van der Waals surface area contributed by atoms with Crippen molar-refractivity contribution in [2.45, 2.75) is 32.6 Å². The number of ether oxygens (including phenoxy) is 2. The summed E-state index contributed by atoms with van der Waals surface area (Å²) in [7, 11) is 1.58. The van der Waals surface area contributed by atoms with Crippen LogP contribution in [-0.4, -0.2) is 47.8 Å². The molecule has 1 amide bonds. The number of methoxy groups -OCH3 is 1. The van der Waals surface area contributed by atoms with E-state index in [4.69, 9.17) is 14.0 Å². The minimum absolute atomic E-state index is 0.0199. The Morgan fingerprint density at radius 2 is 2.24 bits per heavy atom. The maximum atomic E-state index is 12.9. The van der Waals surface area contributed by atoms with Gasteiger partial charge in [0.25, 0.3) is 5.91 Å². The van der Waals surface area contributed by atoms with Crippen LogP contribution in [0.1, 0.15) is 47.8 Å². The van der Waals surface area contributed by atoms with E-state index in [1.54, 1.807) is 32.2 Å². The molecule has 1 fully saturated rings. The predicted octanol–water partition coefficient (Wildman–Crippen LogP) is 2.81. The first-order valence-corrected chi connectivity index (χ1v) is 8.52. The van der Waals surface area contributed by atoms with E-state index in [2.05, 4.69) is 10.1 Å². The second-order valence-corrected chi connectivity index (χ2v) is 6.06. The molecule has 1 aliphatic heterocycles. The topological polar surface area (TPSA) is 77.7 Å². The number of aromatic nitrogens is 2. The van der Waals surface area contributed by atoms with E-state index in [0.29, 0.717) is 41.9 Å². The molecule has 25 heavy (non-hydrogen) atoms. The lowest BCUT2D eigenvalue weighted by Gasteiger charge is -2.31. The van der Waals surface area contributed by atoms with Crippen molar-refractivity contribution in [2.24, 2.45) is 0 Å². The van der Waals surface area contributed by atoms with E-state index in [1.807, 2.05) is 11.8 Å². The fourth-order valence-corrected chi connectivity index (χ4v) is 3.11. The molecular weight excluding hydrogens is 322 g/mol. The normalized spacial score (nSPS) is 17.4. The van der Waals surface area contributed by atoms with E-state index >= 15 is 0 Å².